The Bertz CT molecular complexity index is 130. The summed E-state index contributed by atoms with van der Waals surface area (Å²) in [6.45, 7) is 2.03. The Morgan fingerprint density at radius 2 is 1.50 bits per heavy atom. The Balaban J connectivity index is 2.92. The van der Waals surface area contributed by atoms with Crippen molar-refractivity contribution in [3.63, 3.8) is 0 Å². The van der Waals surface area contributed by atoms with E-state index in [1.807, 2.05) is 6.92 Å². The number of hydrogen-bond donors (Lipinski definition) is 0. The fourth-order valence-electron chi connectivity index (χ4n) is 1.43. The molecular formula is C12H22F2. The van der Waals surface area contributed by atoms with Gasteiger partial charge in [-0.25, -0.2) is 8.78 Å². The number of unbranched alkanes of at least 4 members (excludes halogenated alkanes) is 6. The molecule has 0 N–H and O–H groups in total. The summed E-state index contributed by atoms with van der Waals surface area (Å²) in [6, 6.07) is 0. The molecule has 0 amide bonds. The quantitative estimate of drug-likeness (QED) is 0.368. The van der Waals surface area contributed by atoms with Gasteiger partial charge in [0.2, 0.25) is 6.43 Å². The van der Waals surface area contributed by atoms with E-state index in [0.29, 0.717) is 6.42 Å². The van der Waals surface area contributed by atoms with Crippen LogP contribution in [-0.2, 0) is 0 Å². The molecule has 2 heteroatoms. The molecule has 0 aliphatic rings. The lowest BCUT2D eigenvalue weighted by Crippen LogP contribution is -1.89. The van der Waals surface area contributed by atoms with Crippen LogP contribution in [0.2, 0.25) is 0 Å². The lowest BCUT2D eigenvalue weighted by atomic mass is 10.1. The molecule has 0 radical (unpaired) electrons. The minimum Gasteiger partial charge on any atom is -0.211 e. The first-order valence-electron chi connectivity index (χ1n) is 5.66. The van der Waals surface area contributed by atoms with Gasteiger partial charge in [0.05, 0.1) is 0 Å². The van der Waals surface area contributed by atoms with Gasteiger partial charge in [0.15, 0.2) is 0 Å². The van der Waals surface area contributed by atoms with Crippen molar-refractivity contribution in [2.75, 3.05) is 0 Å². The first kappa shape index (κ1) is 13.6. The predicted molar refractivity (Wildman–Crippen MR) is 57.8 cm³/mol. The molecular weight excluding hydrogens is 182 g/mol. The number of halogens is 2. The molecule has 0 saturated heterocycles. The van der Waals surface area contributed by atoms with Crippen LogP contribution in [0.3, 0.4) is 0 Å². The zero-order chi connectivity index (χ0) is 10.6. The maximum absolute atomic E-state index is 11.7. The summed E-state index contributed by atoms with van der Waals surface area (Å²) in [5.41, 5.74) is 0. The van der Waals surface area contributed by atoms with Crippen LogP contribution in [-0.4, -0.2) is 6.43 Å². The predicted octanol–water partition coefficient (Wildman–Crippen LogP) is 4.95. The second-order valence-corrected chi connectivity index (χ2v) is 3.66. The molecule has 0 aromatic heterocycles. The Hall–Kier alpha value is -0.400. The van der Waals surface area contributed by atoms with Crippen LogP contribution in [0.25, 0.3) is 0 Å². The normalized spacial score (nSPS) is 11.7. The first-order chi connectivity index (χ1) is 6.77. The van der Waals surface area contributed by atoms with Gasteiger partial charge >= 0.3 is 0 Å². The van der Waals surface area contributed by atoms with Gasteiger partial charge in [-0.2, -0.15) is 0 Å². The van der Waals surface area contributed by atoms with Gasteiger partial charge in [0.1, 0.15) is 0 Å². The van der Waals surface area contributed by atoms with E-state index in [-0.39, 0.29) is 6.42 Å². The van der Waals surface area contributed by atoms with Crippen molar-refractivity contribution in [3.05, 3.63) is 12.2 Å². The largest absolute Gasteiger partial charge is 0.238 e. The topological polar surface area (TPSA) is 0 Å². The van der Waals surface area contributed by atoms with Gasteiger partial charge in [-0.05, 0) is 26.2 Å². The van der Waals surface area contributed by atoms with Gasteiger partial charge in [0.25, 0.3) is 0 Å². The summed E-state index contributed by atoms with van der Waals surface area (Å²) in [5.74, 6) is 0. The maximum atomic E-state index is 11.7. The molecule has 0 bridgehead atoms. The molecule has 0 spiro atoms. The van der Waals surface area contributed by atoms with Crippen LogP contribution >= 0.6 is 0 Å². The fourth-order valence-corrected chi connectivity index (χ4v) is 1.43. The highest BCUT2D eigenvalue weighted by Crippen LogP contribution is 2.11. The van der Waals surface area contributed by atoms with Gasteiger partial charge in [-0.3, -0.25) is 0 Å². The summed E-state index contributed by atoms with van der Waals surface area (Å²) >= 11 is 0. The lowest BCUT2D eigenvalue weighted by Gasteiger charge is -2.00. The van der Waals surface area contributed by atoms with Crippen molar-refractivity contribution in [2.24, 2.45) is 0 Å². The second-order valence-electron chi connectivity index (χ2n) is 3.66. The minimum absolute atomic E-state index is 0.0819. The fraction of sp³-hybridized carbons (Fsp3) is 0.833. The van der Waals surface area contributed by atoms with Crippen LogP contribution in [0.4, 0.5) is 8.78 Å². The Morgan fingerprint density at radius 3 is 2.07 bits per heavy atom. The van der Waals surface area contributed by atoms with Gasteiger partial charge in [-0.15, -0.1) is 0 Å². The van der Waals surface area contributed by atoms with Crippen molar-refractivity contribution in [1.82, 2.24) is 0 Å². The molecule has 0 atom stereocenters. The Labute approximate surface area is 86.4 Å². The highest BCUT2D eigenvalue weighted by molar-refractivity contribution is 4.76. The number of allylic oxidation sites excluding steroid dienone is 2. The summed E-state index contributed by atoms with van der Waals surface area (Å²) in [6.07, 6.45) is 9.82. The van der Waals surface area contributed by atoms with Gasteiger partial charge < -0.3 is 0 Å². The highest BCUT2D eigenvalue weighted by atomic mass is 19.3. The smallest absolute Gasteiger partial charge is 0.211 e. The van der Waals surface area contributed by atoms with E-state index >= 15 is 0 Å². The van der Waals surface area contributed by atoms with Gasteiger partial charge in [0, 0.05) is 6.42 Å². The van der Waals surface area contributed by atoms with E-state index in [2.05, 4.69) is 12.2 Å². The number of rotatable bonds is 9. The van der Waals surface area contributed by atoms with E-state index in [0.717, 1.165) is 19.3 Å². The van der Waals surface area contributed by atoms with E-state index in [1.54, 1.807) is 0 Å². The van der Waals surface area contributed by atoms with Crippen molar-refractivity contribution < 1.29 is 8.78 Å². The zero-order valence-corrected chi connectivity index (χ0v) is 9.14. The molecule has 0 saturated carbocycles. The molecule has 0 rings (SSSR count). The summed E-state index contributed by atoms with van der Waals surface area (Å²) in [4.78, 5) is 0. The molecule has 14 heavy (non-hydrogen) atoms. The summed E-state index contributed by atoms with van der Waals surface area (Å²) in [7, 11) is 0. The second kappa shape index (κ2) is 10.7. The highest BCUT2D eigenvalue weighted by Gasteiger charge is 2.00. The third-order valence-corrected chi connectivity index (χ3v) is 2.28. The third-order valence-electron chi connectivity index (χ3n) is 2.28. The molecule has 0 fully saturated rings. The van der Waals surface area contributed by atoms with Crippen molar-refractivity contribution >= 4 is 0 Å². The SMILES string of the molecule is CC=CCCCCCCCCC(F)F. The summed E-state index contributed by atoms with van der Waals surface area (Å²) in [5, 5.41) is 0. The number of alkyl halides is 2. The Kier molecular flexibility index (Phi) is 10.4. The molecule has 0 aliphatic heterocycles. The number of hydrogen-bond acceptors (Lipinski definition) is 0. The molecule has 0 aromatic carbocycles. The van der Waals surface area contributed by atoms with Crippen LogP contribution in [0.15, 0.2) is 12.2 Å². The van der Waals surface area contributed by atoms with Crippen LogP contribution in [0.1, 0.15) is 58.3 Å². The average Bonchev–Trinajstić information content (AvgIpc) is 2.15. The van der Waals surface area contributed by atoms with Crippen molar-refractivity contribution in [3.8, 4) is 0 Å². The van der Waals surface area contributed by atoms with Crippen molar-refractivity contribution in [1.29, 1.82) is 0 Å². The van der Waals surface area contributed by atoms with Crippen LogP contribution in [0.5, 0.6) is 0 Å². The third kappa shape index (κ3) is 11.6. The molecule has 0 nitrogen and oxygen atoms in total. The van der Waals surface area contributed by atoms with E-state index in [1.165, 1.54) is 19.3 Å². The van der Waals surface area contributed by atoms with Crippen molar-refractivity contribution in [2.45, 2.75) is 64.7 Å². The standard InChI is InChI=1S/C12H22F2/c1-2-3-4-5-6-7-8-9-10-11-12(13)14/h2-3,12H,4-11H2,1H3. The van der Waals surface area contributed by atoms with E-state index < -0.39 is 6.43 Å². The van der Waals surface area contributed by atoms with Gasteiger partial charge in [-0.1, -0.05) is 37.8 Å². The van der Waals surface area contributed by atoms with E-state index in [9.17, 15) is 8.78 Å². The zero-order valence-electron chi connectivity index (χ0n) is 9.14. The monoisotopic (exact) mass is 204 g/mol. The molecule has 0 heterocycles. The van der Waals surface area contributed by atoms with Crippen LogP contribution < -0.4 is 0 Å². The average molecular weight is 204 g/mol. The molecule has 0 unspecified atom stereocenters. The van der Waals surface area contributed by atoms with E-state index in [4.69, 9.17) is 0 Å². The molecule has 0 aromatic rings. The maximum Gasteiger partial charge on any atom is 0.238 e. The molecule has 0 aliphatic carbocycles. The molecule has 84 valence electrons. The summed E-state index contributed by atoms with van der Waals surface area (Å²) < 4.78 is 23.5. The van der Waals surface area contributed by atoms with Crippen LogP contribution in [0, 0.1) is 0 Å². The minimum atomic E-state index is -2.11. The Morgan fingerprint density at radius 1 is 0.929 bits per heavy atom. The first-order valence-corrected chi connectivity index (χ1v) is 5.66. The lowest BCUT2D eigenvalue weighted by molar-refractivity contribution is 0.133.